The maximum absolute atomic E-state index is 12.8. The Morgan fingerprint density at radius 2 is 1.83 bits per heavy atom. The van der Waals surface area contributed by atoms with Gasteiger partial charge in [-0.25, -0.2) is 0 Å². The molecule has 1 aliphatic rings. The van der Waals surface area contributed by atoms with E-state index >= 15 is 0 Å². The molecular formula is C20H29NO3. The Hall–Kier alpha value is -1.84. The summed E-state index contributed by atoms with van der Waals surface area (Å²) in [7, 11) is 1.39. The van der Waals surface area contributed by atoms with E-state index in [0.29, 0.717) is 25.4 Å². The number of hydrogen-bond donors (Lipinski definition) is 0. The summed E-state index contributed by atoms with van der Waals surface area (Å²) >= 11 is 0. The summed E-state index contributed by atoms with van der Waals surface area (Å²) < 4.78 is 4.82. The van der Waals surface area contributed by atoms with Crippen LogP contribution >= 0.6 is 0 Å². The lowest BCUT2D eigenvalue weighted by Crippen LogP contribution is -2.37. The van der Waals surface area contributed by atoms with Crippen LogP contribution in [0.2, 0.25) is 0 Å². The molecule has 0 aromatic heterocycles. The highest BCUT2D eigenvalue weighted by Crippen LogP contribution is 2.27. The summed E-state index contributed by atoms with van der Waals surface area (Å²) in [5, 5.41) is 0. The first-order valence-electron chi connectivity index (χ1n) is 8.99. The van der Waals surface area contributed by atoms with Crippen LogP contribution in [0.25, 0.3) is 0 Å². The van der Waals surface area contributed by atoms with Gasteiger partial charge in [-0.2, -0.15) is 0 Å². The maximum atomic E-state index is 12.8. The fourth-order valence-electron chi connectivity index (χ4n) is 3.43. The Kier molecular flexibility index (Phi) is 7.29. The van der Waals surface area contributed by atoms with Crippen LogP contribution in [-0.4, -0.2) is 30.4 Å². The van der Waals surface area contributed by atoms with Gasteiger partial charge in [-0.3, -0.25) is 9.59 Å². The summed E-state index contributed by atoms with van der Waals surface area (Å²) in [6, 6.07) is 9.95. The van der Waals surface area contributed by atoms with E-state index < -0.39 is 0 Å². The highest BCUT2D eigenvalue weighted by molar-refractivity contribution is 5.78. The summed E-state index contributed by atoms with van der Waals surface area (Å²) in [4.78, 5) is 26.4. The number of methoxy groups -OCH3 is 1. The molecular weight excluding hydrogens is 302 g/mol. The zero-order valence-electron chi connectivity index (χ0n) is 14.9. The summed E-state index contributed by atoms with van der Waals surface area (Å²) in [5.41, 5.74) is 1.09. The van der Waals surface area contributed by atoms with Gasteiger partial charge in [0.1, 0.15) is 0 Å². The molecule has 24 heavy (non-hydrogen) atoms. The number of carbonyl (C=O) groups excluding carboxylic acids is 2. The fourth-order valence-corrected chi connectivity index (χ4v) is 3.43. The zero-order valence-corrected chi connectivity index (χ0v) is 14.9. The Morgan fingerprint density at radius 3 is 2.46 bits per heavy atom. The monoisotopic (exact) mass is 331 g/mol. The van der Waals surface area contributed by atoms with Gasteiger partial charge in [0.25, 0.3) is 0 Å². The first-order valence-corrected chi connectivity index (χ1v) is 8.99. The molecule has 1 aromatic carbocycles. The van der Waals surface area contributed by atoms with E-state index in [4.69, 9.17) is 4.74 Å². The molecule has 1 unspecified atom stereocenters. The largest absolute Gasteiger partial charge is 0.469 e. The molecule has 0 aliphatic heterocycles. The van der Waals surface area contributed by atoms with Gasteiger partial charge in [-0.1, -0.05) is 56.5 Å². The van der Waals surface area contributed by atoms with E-state index in [0.717, 1.165) is 18.4 Å². The molecule has 132 valence electrons. The minimum Gasteiger partial charge on any atom is -0.469 e. The number of rotatable bonds is 7. The number of amides is 1. The molecule has 0 saturated heterocycles. The van der Waals surface area contributed by atoms with E-state index in [9.17, 15) is 9.59 Å². The van der Waals surface area contributed by atoms with E-state index in [2.05, 4.69) is 0 Å². The van der Waals surface area contributed by atoms with Crippen LogP contribution in [0.3, 0.4) is 0 Å². The number of hydrogen-bond acceptors (Lipinski definition) is 3. The molecule has 0 bridgehead atoms. The molecule has 0 heterocycles. The number of benzene rings is 1. The van der Waals surface area contributed by atoms with Crippen LogP contribution in [0.5, 0.6) is 0 Å². The van der Waals surface area contributed by atoms with Crippen molar-refractivity contribution in [3.8, 4) is 0 Å². The molecule has 1 amide bonds. The van der Waals surface area contributed by atoms with Crippen molar-refractivity contribution < 1.29 is 14.3 Å². The van der Waals surface area contributed by atoms with E-state index in [1.165, 1.54) is 26.4 Å². The van der Waals surface area contributed by atoms with Crippen LogP contribution in [0.4, 0.5) is 0 Å². The number of esters is 1. The van der Waals surface area contributed by atoms with Crippen LogP contribution in [-0.2, 0) is 20.9 Å². The molecule has 4 nitrogen and oxygen atoms in total. The predicted octanol–water partition coefficient (Wildman–Crippen LogP) is 3.79. The highest BCUT2D eigenvalue weighted by atomic mass is 16.5. The number of ether oxygens (including phenoxy) is 1. The third kappa shape index (κ3) is 5.66. The molecule has 1 fully saturated rings. The predicted molar refractivity (Wildman–Crippen MR) is 94.2 cm³/mol. The quantitative estimate of drug-likeness (QED) is 0.714. The zero-order chi connectivity index (χ0) is 17.4. The molecule has 0 radical (unpaired) electrons. The van der Waals surface area contributed by atoms with Gasteiger partial charge in [0, 0.05) is 19.5 Å². The first kappa shape index (κ1) is 18.5. The van der Waals surface area contributed by atoms with Crippen LogP contribution in [0, 0.1) is 11.8 Å². The summed E-state index contributed by atoms with van der Waals surface area (Å²) in [6.45, 7) is 2.78. The lowest BCUT2D eigenvalue weighted by molar-refractivity contribution is -0.146. The van der Waals surface area contributed by atoms with Gasteiger partial charge in [0.2, 0.25) is 5.91 Å². The normalized spacial score (nSPS) is 16.4. The molecule has 1 aromatic rings. The second-order valence-corrected chi connectivity index (χ2v) is 6.89. The van der Waals surface area contributed by atoms with Crippen molar-refractivity contribution in [2.75, 3.05) is 13.7 Å². The highest BCUT2D eigenvalue weighted by Gasteiger charge is 2.24. The molecule has 2 rings (SSSR count). The van der Waals surface area contributed by atoms with Gasteiger partial charge in [0.15, 0.2) is 0 Å². The molecule has 4 heteroatoms. The van der Waals surface area contributed by atoms with Gasteiger partial charge < -0.3 is 9.64 Å². The van der Waals surface area contributed by atoms with Crippen LogP contribution in [0.1, 0.15) is 51.0 Å². The Morgan fingerprint density at radius 1 is 1.17 bits per heavy atom. The van der Waals surface area contributed by atoms with Gasteiger partial charge in [0.05, 0.1) is 13.0 Å². The first-order chi connectivity index (χ1) is 11.6. The molecule has 1 saturated carbocycles. The minimum absolute atomic E-state index is 0.154. The van der Waals surface area contributed by atoms with E-state index in [-0.39, 0.29) is 17.8 Å². The van der Waals surface area contributed by atoms with Crippen molar-refractivity contribution in [3.63, 3.8) is 0 Å². The molecule has 0 spiro atoms. The van der Waals surface area contributed by atoms with Crippen molar-refractivity contribution in [3.05, 3.63) is 35.9 Å². The van der Waals surface area contributed by atoms with Crippen LogP contribution in [0.15, 0.2) is 30.3 Å². The molecule has 1 atom stereocenters. The summed E-state index contributed by atoms with van der Waals surface area (Å²) in [6.07, 6.45) is 6.65. The molecule has 1 aliphatic carbocycles. The van der Waals surface area contributed by atoms with Gasteiger partial charge in [-0.05, 0) is 24.3 Å². The summed E-state index contributed by atoms with van der Waals surface area (Å²) in [5.74, 6) is 0.0759. The lowest BCUT2D eigenvalue weighted by Gasteiger charge is -2.28. The topological polar surface area (TPSA) is 46.6 Å². The van der Waals surface area contributed by atoms with Gasteiger partial charge in [-0.15, -0.1) is 0 Å². The third-order valence-electron chi connectivity index (χ3n) is 4.85. The fraction of sp³-hybridized carbons (Fsp3) is 0.600. The number of carbonyl (C=O) groups is 2. The Bertz CT molecular complexity index is 523. The average molecular weight is 331 g/mol. The maximum Gasteiger partial charge on any atom is 0.310 e. The van der Waals surface area contributed by atoms with Crippen molar-refractivity contribution in [1.82, 2.24) is 4.90 Å². The van der Waals surface area contributed by atoms with Crippen molar-refractivity contribution >= 4 is 11.9 Å². The second-order valence-electron chi connectivity index (χ2n) is 6.89. The Balaban J connectivity index is 2.02. The smallest absolute Gasteiger partial charge is 0.310 e. The molecule has 0 N–H and O–H groups in total. The second kappa shape index (κ2) is 9.45. The van der Waals surface area contributed by atoms with Crippen molar-refractivity contribution in [2.45, 2.75) is 52.0 Å². The van der Waals surface area contributed by atoms with Crippen molar-refractivity contribution in [1.29, 1.82) is 0 Å². The Labute approximate surface area is 145 Å². The van der Waals surface area contributed by atoms with Crippen LogP contribution < -0.4 is 0 Å². The SMILES string of the molecule is COC(=O)C(C)CN(Cc1ccccc1)C(=O)CC1CCCCC1. The lowest BCUT2D eigenvalue weighted by atomic mass is 9.86. The van der Waals surface area contributed by atoms with E-state index in [1.54, 1.807) is 0 Å². The minimum atomic E-state index is -0.311. The third-order valence-corrected chi connectivity index (χ3v) is 4.85. The van der Waals surface area contributed by atoms with Crippen molar-refractivity contribution in [2.24, 2.45) is 11.8 Å². The van der Waals surface area contributed by atoms with Gasteiger partial charge >= 0.3 is 5.97 Å². The number of nitrogens with zero attached hydrogens (tertiary/aromatic N) is 1. The standard InChI is InChI=1S/C20H29NO3/c1-16(20(23)24-2)14-21(15-18-11-7-4-8-12-18)19(22)13-17-9-5-3-6-10-17/h4,7-8,11-12,16-17H,3,5-6,9-10,13-15H2,1-2H3. The van der Waals surface area contributed by atoms with E-state index in [1.807, 2.05) is 42.2 Å². The average Bonchev–Trinajstić information content (AvgIpc) is 2.62.